The zero-order valence-electron chi connectivity index (χ0n) is 10.5. The Bertz CT molecular complexity index is 481. The lowest BCUT2D eigenvalue weighted by atomic mass is 10.3. The minimum absolute atomic E-state index is 0.130. The molecule has 1 aromatic heterocycles. The molecule has 2 aliphatic heterocycles. The topological polar surface area (TPSA) is 56.1 Å². The molecule has 1 aromatic rings. The van der Waals surface area contributed by atoms with E-state index in [1.165, 1.54) is 0 Å². The van der Waals surface area contributed by atoms with Gasteiger partial charge < -0.3 is 9.47 Å². The van der Waals surface area contributed by atoms with Gasteiger partial charge in [-0.25, -0.2) is 15.0 Å². The Morgan fingerprint density at radius 2 is 1.44 bits per heavy atom. The molecule has 18 heavy (non-hydrogen) atoms. The number of rotatable bonds is 2. The van der Waals surface area contributed by atoms with Gasteiger partial charge in [0.15, 0.2) is 0 Å². The van der Waals surface area contributed by atoms with Crippen molar-refractivity contribution in [3.05, 3.63) is 29.6 Å². The molecule has 0 aromatic carbocycles. The normalized spacial score (nSPS) is 26.3. The number of hydrogen-bond acceptors (Lipinski definition) is 5. The van der Waals surface area contributed by atoms with Crippen molar-refractivity contribution in [3.8, 4) is 0 Å². The van der Waals surface area contributed by atoms with E-state index >= 15 is 0 Å². The van der Waals surface area contributed by atoms with E-state index in [4.69, 9.17) is 9.47 Å². The maximum atomic E-state index is 5.59. The maximum absolute atomic E-state index is 5.59. The molecule has 5 nitrogen and oxygen atoms in total. The van der Waals surface area contributed by atoms with Crippen LogP contribution in [-0.4, -0.2) is 42.1 Å². The summed E-state index contributed by atoms with van der Waals surface area (Å²) in [6, 6.07) is 5.69. The molecule has 3 heterocycles. The van der Waals surface area contributed by atoms with Gasteiger partial charge in [-0.2, -0.15) is 0 Å². The van der Waals surface area contributed by atoms with Crippen molar-refractivity contribution >= 4 is 11.8 Å². The summed E-state index contributed by atoms with van der Waals surface area (Å²) in [4.78, 5) is 13.1. The minimum atomic E-state index is 0.130. The Morgan fingerprint density at radius 3 is 1.83 bits per heavy atom. The Morgan fingerprint density at radius 1 is 0.944 bits per heavy atom. The van der Waals surface area contributed by atoms with E-state index in [9.17, 15) is 0 Å². The maximum Gasteiger partial charge on any atom is 0.235 e. The largest absolute Gasteiger partial charge is 0.471 e. The van der Waals surface area contributed by atoms with Gasteiger partial charge in [-0.05, 0) is 26.0 Å². The molecule has 0 unspecified atom stereocenters. The van der Waals surface area contributed by atoms with Crippen LogP contribution >= 0.6 is 0 Å². The van der Waals surface area contributed by atoms with E-state index in [2.05, 4.69) is 15.0 Å². The summed E-state index contributed by atoms with van der Waals surface area (Å²) in [5, 5.41) is 0. The fourth-order valence-electron chi connectivity index (χ4n) is 1.91. The van der Waals surface area contributed by atoms with E-state index in [1.54, 1.807) is 0 Å². The highest BCUT2D eigenvalue weighted by Gasteiger charge is 2.21. The van der Waals surface area contributed by atoms with Crippen LogP contribution in [0.25, 0.3) is 0 Å². The Labute approximate surface area is 106 Å². The second-order valence-electron chi connectivity index (χ2n) is 4.56. The number of pyridine rings is 1. The first-order valence-corrected chi connectivity index (χ1v) is 6.12. The Kier molecular flexibility index (Phi) is 2.74. The van der Waals surface area contributed by atoms with Crippen molar-refractivity contribution in [2.45, 2.75) is 26.1 Å². The lowest BCUT2D eigenvalue weighted by molar-refractivity contribution is 0.244. The van der Waals surface area contributed by atoms with Crippen LogP contribution < -0.4 is 0 Å². The van der Waals surface area contributed by atoms with E-state index in [0.29, 0.717) is 24.9 Å². The lowest BCUT2D eigenvalue weighted by Crippen LogP contribution is -2.14. The van der Waals surface area contributed by atoms with Gasteiger partial charge in [0.1, 0.15) is 23.6 Å². The average molecular weight is 245 g/mol. The first-order chi connectivity index (χ1) is 8.72. The second-order valence-corrected chi connectivity index (χ2v) is 4.56. The summed E-state index contributed by atoms with van der Waals surface area (Å²) in [6.07, 6.45) is 0.260. The average Bonchev–Trinajstić information content (AvgIpc) is 2.98. The number of aromatic nitrogens is 1. The third-order valence-corrected chi connectivity index (χ3v) is 2.80. The first kappa shape index (κ1) is 11.2. The quantitative estimate of drug-likeness (QED) is 0.791. The lowest BCUT2D eigenvalue weighted by Gasteiger charge is -2.08. The fourth-order valence-corrected chi connectivity index (χ4v) is 1.91. The van der Waals surface area contributed by atoms with Crippen LogP contribution in [0.3, 0.4) is 0 Å². The Balaban J connectivity index is 1.86. The van der Waals surface area contributed by atoms with Crippen LogP contribution in [0.15, 0.2) is 28.2 Å². The molecule has 0 saturated heterocycles. The summed E-state index contributed by atoms with van der Waals surface area (Å²) >= 11 is 0. The van der Waals surface area contributed by atoms with Gasteiger partial charge in [-0.15, -0.1) is 0 Å². The molecule has 0 spiro atoms. The molecule has 0 aliphatic carbocycles. The molecule has 3 rings (SSSR count). The van der Waals surface area contributed by atoms with E-state index in [0.717, 1.165) is 11.4 Å². The standard InChI is InChI=1S/C13H15N3O2/c1-8-6-14-12(17-8)10-4-3-5-11(16-10)13-15-7-9(2)18-13/h3-5,8-9H,6-7H2,1-2H3/t8-,9-/m1/s1. The molecule has 5 heteroatoms. The van der Waals surface area contributed by atoms with Gasteiger partial charge in [0.2, 0.25) is 11.8 Å². The molecule has 0 saturated carbocycles. The summed E-state index contributed by atoms with van der Waals surface area (Å²) in [6.45, 7) is 5.36. The molecular weight excluding hydrogens is 230 g/mol. The highest BCUT2D eigenvalue weighted by molar-refractivity contribution is 5.97. The molecule has 2 aliphatic rings. The van der Waals surface area contributed by atoms with Gasteiger partial charge in [-0.3, -0.25) is 0 Å². The van der Waals surface area contributed by atoms with Crippen molar-refractivity contribution in [3.63, 3.8) is 0 Å². The molecule has 0 fully saturated rings. The number of ether oxygens (including phenoxy) is 2. The molecule has 0 bridgehead atoms. The molecular formula is C13H15N3O2. The summed E-state index contributed by atoms with van der Waals surface area (Å²) in [5.74, 6) is 1.21. The van der Waals surface area contributed by atoms with Crippen molar-refractivity contribution in [1.29, 1.82) is 0 Å². The predicted molar refractivity (Wildman–Crippen MR) is 68.1 cm³/mol. The van der Waals surface area contributed by atoms with Crippen LogP contribution in [0.5, 0.6) is 0 Å². The molecule has 94 valence electrons. The van der Waals surface area contributed by atoms with Crippen LogP contribution in [0.2, 0.25) is 0 Å². The smallest absolute Gasteiger partial charge is 0.235 e. The highest BCUT2D eigenvalue weighted by Crippen LogP contribution is 2.14. The second kappa shape index (κ2) is 4.40. The highest BCUT2D eigenvalue weighted by atomic mass is 16.5. The van der Waals surface area contributed by atoms with Crippen LogP contribution in [0.4, 0.5) is 0 Å². The number of nitrogens with zero attached hydrogens (tertiary/aromatic N) is 3. The van der Waals surface area contributed by atoms with Gasteiger partial charge in [-0.1, -0.05) is 6.07 Å². The van der Waals surface area contributed by atoms with Crippen molar-refractivity contribution in [2.24, 2.45) is 9.98 Å². The van der Waals surface area contributed by atoms with Crippen molar-refractivity contribution < 1.29 is 9.47 Å². The zero-order valence-corrected chi connectivity index (χ0v) is 10.5. The SMILES string of the molecule is C[C@@H]1CN=C(c2cccc(C3=NC[C@@H](C)O3)n2)O1. The Hall–Kier alpha value is -1.91. The van der Waals surface area contributed by atoms with Gasteiger partial charge in [0.05, 0.1) is 13.1 Å². The molecule has 0 radical (unpaired) electrons. The summed E-state index contributed by atoms with van der Waals surface area (Å²) in [7, 11) is 0. The van der Waals surface area contributed by atoms with Crippen LogP contribution in [-0.2, 0) is 9.47 Å². The summed E-state index contributed by atoms with van der Waals surface area (Å²) in [5.41, 5.74) is 1.48. The minimum Gasteiger partial charge on any atom is -0.471 e. The van der Waals surface area contributed by atoms with E-state index in [1.807, 2.05) is 32.0 Å². The predicted octanol–water partition coefficient (Wildman–Crippen LogP) is 1.41. The molecule has 2 atom stereocenters. The number of aliphatic imine (C=N–C) groups is 2. The van der Waals surface area contributed by atoms with Gasteiger partial charge in [0.25, 0.3) is 0 Å². The molecule has 0 N–H and O–H groups in total. The summed E-state index contributed by atoms with van der Waals surface area (Å²) < 4.78 is 11.2. The van der Waals surface area contributed by atoms with Gasteiger partial charge >= 0.3 is 0 Å². The van der Waals surface area contributed by atoms with Crippen LogP contribution in [0, 0.1) is 0 Å². The number of hydrogen-bond donors (Lipinski definition) is 0. The molecule has 0 amide bonds. The fraction of sp³-hybridized carbons (Fsp3) is 0.462. The third kappa shape index (κ3) is 2.08. The van der Waals surface area contributed by atoms with E-state index < -0.39 is 0 Å². The monoisotopic (exact) mass is 245 g/mol. The van der Waals surface area contributed by atoms with E-state index in [-0.39, 0.29) is 12.2 Å². The van der Waals surface area contributed by atoms with Crippen molar-refractivity contribution in [2.75, 3.05) is 13.1 Å². The third-order valence-electron chi connectivity index (χ3n) is 2.80. The van der Waals surface area contributed by atoms with Crippen molar-refractivity contribution in [1.82, 2.24) is 4.98 Å². The zero-order chi connectivity index (χ0) is 12.5. The first-order valence-electron chi connectivity index (χ1n) is 6.12. The van der Waals surface area contributed by atoms with Gasteiger partial charge in [0, 0.05) is 0 Å². The van der Waals surface area contributed by atoms with Crippen LogP contribution in [0.1, 0.15) is 25.2 Å².